The van der Waals surface area contributed by atoms with E-state index >= 15 is 0 Å². The normalized spacial score (nSPS) is 12.9. The summed E-state index contributed by atoms with van der Waals surface area (Å²) in [5.41, 5.74) is 2.60. The Balaban J connectivity index is 1.57. The van der Waals surface area contributed by atoms with Crippen LogP contribution in [0.3, 0.4) is 0 Å². The van der Waals surface area contributed by atoms with E-state index < -0.39 is 11.9 Å². The van der Waals surface area contributed by atoms with Crippen molar-refractivity contribution < 1.29 is 19.1 Å². The number of benzene rings is 2. The largest absolute Gasteiger partial charge is 0.488 e. The number of fused-ring (bicyclic) bond motifs is 1. The van der Waals surface area contributed by atoms with Gasteiger partial charge in [0.25, 0.3) is 5.91 Å². The van der Waals surface area contributed by atoms with E-state index in [1.54, 1.807) is 43.3 Å². The van der Waals surface area contributed by atoms with Crippen LogP contribution in [0.5, 0.6) is 5.75 Å². The van der Waals surface area contributed by atoms with E-state index in [0.29, 0.717) is 31.9 Å². The van der Waals surface area contributed by atoms with Crippen LogP contribution in [-0.2, 0) is 29.0 Å². The Morgan fingerprint density at radius 1 is 1.14 bits per heavy atom. The molecule has 1 aliphatic rings. The summed E-state index contributed by atoms with van der Waals surface area (Å²) in [6, 6.07) is 14.3. The molecule has 0 saturated carbocycles. The molecule has 37 heavy (non-hydrogen) atoms. The Bertz CT molecular complexity index is 1410. The molecule has 0 bridgehead atoms. The molecule has 0 saturated heterocycles. The minimum atomic E-state index is -0.606. The molecule has 4 rings (SSSR count). The van der Waals surface area contributed by atoms with Crippen LogP contribution in [0, 0.1) is 11.3 Å². The summed E-state index contributed by atoms with van der Waals surface area (Å²) in [6.45, 7) is 2.20. The van der Waals surface area contributed by atoms with Crippen molar-refractivity contribution >= 4 is 57.5 Å². The highest BCUT2D eigenvalue weighted by atomic mass is 35.5. The predicted octanol–water partition coefficient (Wildman–Crippen LogP) is 7.24. The average Bonchev–Trinajstić information content (AvgIpc) is 3.26. The Kier molecular flexibility index (Phi) is 8.88. The zero-order valence-corrected chi connectivity index (χ0v) is 22.4. The van der Waals surface area contributed by atoms with Crippen molar-refractivity contribution in [2.75, 3.05) is 11.9 Å². The number of para-hydroxylation sites is 1. The third kappa shape index (κ3) is 6.34. The van der Waals surface area contributed by atoms with Crippen LogP contribution in [-0.4, -0.2) is 18.5 Å². The molecule has 3 aromatic rings. The van der Waals surface area contributed by atoms with Gasteiger partial charge in [-0.05, 0) is 68.0 Å². The molecule has 0 unspecified atom stereocenters. The number of amides is 1. The number of nitrogens with one attached hydrogen (secondary N) is 1. The van der Waals surface area contributed by atoms with Crippen LogP contribution in [0.4, 0.5) is 5.00 Å². The SMILES string of the molecule is CCOC(=O)c1c(NC(=O)C(C#N)=Cc2ccccc2OCc2ccc(Cl)c(Cl)c2)sc2c1CCCC2. The van der Waals surface area contributed by atoms with Crippen molar-refractivity contribution in [3.63, 3.8) is 0 Å². The first-order valence-electron chi connectivity index (χ1n) is 11.8. The quantitative estimate of drug-likeness (QED) is 0.180. The summed E-state index contributed by atoms with van der Waals surface area (Å²) in [6.07, 6.45) is 5.10. The van der Waals surface area contributed by atoms with Crippen LogP contribution in [0.2, 0.25) is 10.0 Å². The maximum Gasteiger partial charge on any atom is 0.341 e. The minimum absolute atomic E-state index is 0.119. The lowest BCUT2D eigenvalue weighted by atomic mass is 9.95. The van der Waals surface area contributed by atoms with Gasteiger partial charge < -0.3 is 14.8 Å². The second kappa shape index (κ2) is 12.3. The lowest BCUT2D eigenvalue weighted by Gasteiger charge is -2.12. The fourth-order valence-corrected chi connectivity index (χ4v) is 5.66. The lowest BCUT2D eigenvalue weighted by Crippen LogP contribution is -2.16. The Hall–Kier alpha value is -3.31. The summed E-state index contributed by atoms with van der Waals surface area (Å²) in [7, 11) is 0. The number of rotatable bonds is 8. The van der Waals surface area contributed by atoms with Crippen molar-refractivity contribution in [3.05, 3.63) is 85.2 Å². The second-order valence-electron chi connectivity index (χ2n) is 8.33. The number of nitrogens with zero attached hydrogens (tertiary/aromatic N) is 1. The number of hydrogen-bond acceptors (Lipinski definition) is 6. The van der Waals surface area contributed by atoms with Crippen LogP contribution >= 0.6 is 34.5 Å². The number of nitriles is 1. The minimum Gasteiger partial charge on any atom is -0.488 e. The van der Waals surface area contributed by atoms with E-state index in [1.165, 1.54) is 17.4 Å². The van der Waals surface area contributed by atoms with Crippen LogP contribution in [0.1, 0.15) is 51.7 Å². The first-order chi connectivity index (χ1) is 17.9. The van der Waals surface area contributed by atoms with Gasteiger partial charge in [0.15, 0.2) is 0 Å². The summed E-state index contributed by atoms with van der Waals surface area (Å²) in [5.74, 6) is -0.570. The molecule has 2 aromatic carbocycles. The molecule has 6 nitrogen and oxygen atoms in total. The molecule has 9 heteroatoms. The highest BCUT2D eigenvalue weighted by Gasteiger charge is 2.28. The molecule has 1 aliphatic carbocycles. The van der Waals surface area contributed by atoms with E-state index in [9.17, 15) is 14.9 Å². The van der Waals surface area contributed by atoms with Gasteiger partial charge in [0.05, 0.1) is 22.2 Å². The molecule has 0 aliphatic heterocycles. The van der Waals surface area contributed by atoms with E-state index in [4.69, 9.17) is 32.7 Å². The van der Waals surface area contributed by atoms with Gasteiger partial charge in [-0.3, -0.25) is 4.79 Å². The third-order valence-electron chi connectivity index (χ3n) is 5.84. The van der Waals surface area contributed by atoms with Crippen LogP contribution in [0.15, 0.2) is 48.0 Å². The third-order valence-corrected chi connectivity index (χ3v) is 7.79. The number of thiophene rings is 1. The topological polar surface area (TPSA) is 88.4 Å². The van der Waals surface area contributed by atoms with Crippen LogP contribution in [0.25, 0.3) is 6.08 Å². The fourth-order valence-electron chi connectivity index (χ4n) is 4.07. The average molecular weight is 555 g/mol. The van der Waals surface area contributed by atoms with Crippen molar-refractivity contribution in [2.45, 2.75) is 39.2 Å². The molecular weight excluding hydrogens is 531 g/mol. The van der Waals surface area contributed by atoms with Gasteiger partial charge in [0, 0.05) is 10.4 Å². The molecule has 0 radical (unpaired) electrons. The first-order valence-corrected chi connectivity index (χ1v) is 13.4. The summed E-state index contributed by atoms with van der Waals surface area (Å²) in [4.78, 5) is 26.9. The second-order valence-corrected chi connectivity index (χ2v) is 10.3. The molecule has 1 N–H and O–H groups in total. The van der Waals surface area contributed by atoms with Gasteiger partial charge >= 0.3 is 5.97 Å². The molecule has 190 valence electrons. The van der Waals surface area contributed by atoms with Gasteiger partial charge in [-0.25, -0.2) is 4.79 Å². The van der Waals surface area contributed by atoms with Gasteiger partial charge in [-0.15, -0.1) is 11.3 Å². The monoisotopic (exact) mass is 554 g/mol. The van der Waals surface area contributed by atoms with Gasteiger partial charge in [0.2, 0.25) is 0 Å². The Morgan fingerprint density at radius 2 is 1.92 bits per heavy atom. The van der Waals surface area contributed by atoms with E-state index in [2.05, 4.69) is 5.32 Å². The molecule has 1 aromatic heterocycles. The number of halogens is 2. The predicted molar refractivity (Wildman–Crippen MR) is 146 cm³/mol. The molecule has 0 fully saturated rings. The Labute approximate surface area is 229 Å². The number of hydrogen-bond donors (Lipinski definition) is 1. The zero-order chi connectivity index (χ0) is 26.4. The highest BCUT2D eigenvalue weighted by Crippen LogP contribution is 2.39. The Morgan fingerprint density at radius 3 is 2.68 bits per heavy atom. The number of carbonyl (C=O) groups is 2. The van der Waals surface area contributed by atoms with Crippen molar-refractivity contribution in [3.8, 4) is 11.8 Å². The fraction of sp³-hybridized carbons (Fsp3) is 0.250. The maximum absolute atomic E-state index is 13.1. The first kappa shape index (κ1) is 26.7. The van der Waals surface area contributed by atoms with E-state index in [-0.39, 0.29) is 18.8 Å². The molecular formula is C28H24Cl2N2O4S. The van der Waals surface area contributed by atoms with E-state index in [0.717, 1.165) is 41.7 Å². The molecule has 0 atom stereocenters. The molecule has 0 spiro atoms. The van der Waals surface area contributed by atoms with Crippen molar-refractivity contribution in [2.24, 2.45) is 0 Å². The number of ether oxygens (including phenoxy) is 2. The number of esters is 1. The summed E-state index contributed by atoms with van der Waals surface area (Å²) < 4.78 is 11.2. The van der Waals surface area contributed by atoms with Gasteiger partial charge in [-0.2, -0.15) is 5.26 Å². The van der Waals surface area contributed by atoms with Crippen molar-refractivity contribution in [1.82, 2.24) is 0 Å². The van der Waals surface area contributed by atoms with Crippen LogP contribution < -0.4 is 10.1 Å². The standard InChI is InChI=1S/C28H24Cl2N2O4S/c1-2-35-28(34)25-20-8-4-6-10-24(20)37-27(25)32-26(33)19(15-31)14-18-7-3-5-9-23(18)36-16-17-11-12-21(29)22(30)13-17/h3,5,7,9,11-14H,2,4,6,8,10,16H2,1H3,(H,32,33). The number of carbonyl (C=O) groups excluding carboxylic acids is 2. The number of aryl methyl sites for hydroxylation is 1. The highest BCUT2D eigenvalue weighted by molar-refractivity contribution is 7.17. The van der Waals surface area contributed by atoms with E-state index in [1.807, 2.05) is 12.1 Å². The summed E-state index contributed by atoms with van der Waals surface area (Å²) in [5, 5.41) is 13.9. The summed E-state index contributed by atoms with van der Waals surface area (Å²) >= 11 is 13.4. The number of anilines is 1. The van der Waals surface area contributed by atoms with Gasteiger partial charge in [0.1, 0.15) is 29.0 Å². The smallest absolute Gasteiger partial charge is 0.341 e. The zero-order valence-electron chi connectivity index (χ0n) is 20.1. The van der Waals surface area contributed by atoms with Gasteiger partial charge in [-0.1, -0.05) is 47.5 Å². The lowest BCUT2D eigenvalue weighted by molar-refractivity contribution is -0.112. The molecule has 1 heterocycles. The van der Waals surface area contributed by atoms with Crippen molar-refractivity contribution in [1.29, 1.82) is 5.26 Å². The molecule has 1 amide bonds. The maximum atomic E-state index is 13.1.